The molecule has 1 saturated carbocycles. The van der Waals surface area contributed by atoms with Crippen LogP contribution in [0.4, 0.5) is 21.0 Å². The maximum Gasteiger partial charge on any atom is 0.319 e. The van der Waals surface area contributed by atoms with Gasteiger partial charge in [-0.2, -0.15) is 0 Å². The molecule has 9 rings (SSSR count). The van der Waals surface area contributed by atoms with E-state index in [1.54, 1.807) is 67.5 Å². The van der Waals surface area contributed by atoms with E-state index in [1.165, 1.54) is 0 Å². The third kappa shape index (κ3) is 9.67. The van der Waals surface area contributed by atoms with Crippen molar-refractivity contribution in [3.63, 3.8) is 0 Å². The van der Waals surface area contributed by atoms with Crippen LogP contribution >= 0.6 is 23.2 Å². The lowest BCUT2D eigenvalue weighted by atomic mass is 10.1. The average Bonchev–Trinajstić information content (AvgIpc) is 3.78. The van der Waals surface area contributed by atoms with Gasteiger partial charge in [-0.25, -0.2) is 19.6 Å². The fourth-order valence-electron chi connectivity index (χ4n) is 6.48. The van der Waals surface area contributed by atoms with Crippen LogP contribution in [-0.4, -0.2) is 53.7 Å². The zero-order valence-corrected chi connectivity index (χ0v) is 34.8. The van der Waals surface area contributed by atoms with E-state index in [0.29, 0.717) is 51.0 Å². The summed E-state index contributed by atoms with van der Waals surface area (Å²) < 4.78 is 16.1. The van der Waals surface area contributed by atoms with E-state index in [-0.39, 0.29) is 18.1 Å². The fourth-order valence-corrected chi connectivity index (χ4v) is 6.92. The number of fused-ring (bicyclic) bond motifs is 2. The lowest BCUT2D eigenvalue weighted by Gasteiger charge is -2.12. The SMILES string of the molecule is CCNC(=O)Nc1ccc(Oc2ccnc3cc(-c4cncn4C)ccc23)cc1Cl.Cn1cncc1-c1ccc2c(Oc3ccc(NC(=O)NC4CC4)c(Cl)c3)ccnc2c1. The molecule has 4 aromatic carbocycles. The van der Waals surface area contributed by atoms with Gasteiger partial charge in [-0.15, -0.1) is 0 Å². The molecule has 4 N–H and O–H groups in total. The molecule has 1 aliphatic rings. The van der Waals surface area contributed by atoms with Gasteiger partial charge in [-0.3, -0.25) is 9.97 Å². The molecule has 16 heteroatoms. The molecule has 14 nitrogen and oxygen atoms in total. The van der Waals surface area contributed by atoms with Crippen molar-refractivity contribution in [2.24, 2.45) is 14.1 Å². The molecule has 1 aliphatic carbocycles. The van der Waals surface area contributed by atoms with Crippen LogP contribution in [0.1, 0.15) is 19.8 Å². The summed E-state index contributed by atoms with van der Waals surface area (Å²) in [6.07, 6.45) is 12.6. The van der Waals surface area contributed by atoms with Crippen molar-refractivity contribution in [3.05, 3.63) is 132 Å². The second kappa shape index (κ2) is 18.0. The first kappa shape index (κ1) is 40.6. The van der Waals surface area contributed by atoms with Gasteiger partial charge in [0.25, 0.3) is 0 Å². The smallest absolute Gasteiger partial charge is 0.319 e. The third-order valence-corrected chi connectivity index (χ3v) is 10.3. The van der Waals surface area contributed by atoms with E-state index < -0.39 is 0 Å². The highest BCUT2D eigenvalue weighted by Gasteiger charge is 2.23. The van der Waals surface area contributed by atoms with Crippen LogP contribution in [0.15, 0.2) is 122 Å². The average molecular weight is 856 g/mol. The largest absolute Gasteiger partial charge is 0.457 e. The summed E-state index contributed by atoms with van der Waals surface area (Å²) in [7, 11) is 3.91. The highest BCUT2D eigenvalue weighted by molar-refractivity contribution is 6.34. The number of benzene rings is 4. The van der Waals surface area contributed by atoms with Gasteiger partial charge in [0.15, 0.2) is 0 Å². The number of anilines is 2. The van der Waals surface area contributed by atoms with Crippen LogP contribution in [0.2, 0.25) is 10.0 Å². The van der Waals surface area contributed by atoms with Crippen molar-refractivity contribution in [2.75, 3.05) is 17.2 Å². The Balaban J connectivity index is 0.000000169. The molecule has 0 bridgehead atoms. The van der Waals surface area contributed by atoms with Crippen LogP contribution < -0.4 is 30.7 Å². The second-order valence-electron chi connectivity index (χ2n) is 14.2. The van der Waals surface area contributed by atoms with E-state index in [2.05, 4.69) is 41.2 Å². The van der Waals surface area contributed by atoms with Crippen molar-refractivity contribution >= 4 is 68.4 Å². The summed E-state index contributed by atoms with van der Waals surface area (Å²) in [4.78, 5) is 41.0. The lowest BCUT2D eigenvalue weighted by molar-refractivity contribution is 0.251. The Morgan fingerprint density at radius 2 is 1.16 bits per heavy atom. The molecular weight excluding hydrogens is 815 g/mol. The highest BCUT2D eigenvalue weighted by atomic mass is 35.5. The first-order valence-corrected chi connectivity index (χ1v) is 20.2. The molecule has 4 amide bonds. The predicted molar refractivity (Wildman–Crippen MR) is 239 cm³/mol. The summed E-state index contributed by atoms with van der Waals surface area (Å²) in [5.41, 5.74) is 6.74. The molecule has 0 radical (unpaired) electrons. The van der Waals surface area contributed by atoms with Gasteiger partial charge in [0, 0.05) is 73.1 Å². The van der Waals surface area contributed by atoms with Crippen LogP contribution in [0, 0.1) is 0 Å². The highest BCUT2D eigenvalue weighted by Crippen LogP contribution is 2.36. The number of ether oxygens (including phenoxy) is 2. The fraction of sp³-hybridized carbons (Fsp3) is 0.156. The van der Waals surface area contributed by atoms with E-state index in [0.717, 1.165) is 57.2 Å². The summed E-state index contributed by atoms with van der Waals surface area (Å²) in [5.74, 6) is 2.47. The standard InChI is InChI=1S/C23H20ClN5O2.C22H20ClN5O2/c1-29-13-25-12-21(29)14-2-6-17-20(10-14)26-9-8-22(17)31-16-5-7-19(18(24)11-16)28-23(30)27-15-3-4-15;1-3-25-22(29)27-18-7-5-15(11-17(18)23)30-21-8-9-26-19-10-14(4-6-16(19)21)20-12-24-13-28(20)2/h2,5-13,15H,3-4H2,1H3,(H2,27,28,30);4-13H,3H2,1-2H3,(H2,25,27,29). The molecule has 1 fully saturated rings. The number of halogens is 2. The number of hydrogen-bond acceptors (Lipinski definition) is 8. The molecule has 0 saturated heterocycles. The number of carbonyl (C=O) groups is 2. The molecule has 0 aliphatic heterocycles. The minimum absolute atomic E-state index is 0.248. The number of hydrogen-bond donors (Lipinski definition) is 4. The molecule has 4 heterocycles. The van der Waals surface area contributed by atoms with Crippen molar-refractivity contribution < 1.29 is 19.1 Å². The van der Waals surface area contributed by atoms with Crippen molar-refractivity contribution in [1.29, 1.82) is 0 Å². The number of amides is 4. The number of urea groups is 2. The van der Waals surface area contributed by atoms with E-state index >= 15 is 0 Å². The Kier molecular flexibility index (Phi) is 12.0. The number of nitrogens with zero attached hydrogens (tertiary/aromatic N) is 6. The van der Waals surface area contributed by atoms with Gasteiger partial charge in [-0.1, -0.05) is 35.3 Å². The van der Waals surface area contributed by atoms with Crippen molar-refractivity contribution in [1.82, 2.24) is 39.7 Å². The number of imidazole rings is 2. The van der Waals surface area contributed by atoms with Gasteiger partial charge >= 0.3 is 12.1 Å². The number of aryl methyl sites for hydroxylation is 2. The maximum atomic E-state index is 11.9. The van der Waals surface area contributed by atoms with E-state index in [1.807, 2.05) is 85.0 Å². The van der Waals surface area contributed by atoms with Gasteiger partial charge < -0.3 is 39.9 Å². The molecular formula is C45H40Cl2N10O4. The van der Waals surface area contributed by atoms with Gasteiger partial charge in [0.2, 0.25) is 0 Å². The Morgan fingerprint density at radius 3 is 1.59 bits per heavy atom. The maximum absolute atomic E-state index is 11.9. The summed E-state index contributed by atoms with van der Waals surface area (Å²) in [5, 5.41) is 13.6. The first-order chi connectivity index (χ1) is 29.6. The van der Waals surface area contributed by atoms with Crippen LogP contribution in [0.5, 0.6) is 23.0 Å². The number of carbonyl (C=O) groups excluding carboxylic acids is 2. The summed E-state index contributed by atoms with van der Waals surface area (Å²) in [6, 6.07) is 25.7. The zero-order chi connectivity index (χ0) is 42.5. The van der Waals surface area contributed by atoms with Crippen LogP contribution in [0.25, 0.3) is 44.3 Å². The molecule has 308 valence electrons. The Bertz CT molecular complexity index is 2890. The minimum atomic E-state index is -0.308. The predicted octanol–water partition coefficient (Wildman–Crippen LogP) is 10.6. The van der Waals surface area contributed by atoms with Crippen LogP contribution in [0.3, 0.4) is 0 Å². The van der Waals surface area contributed by atoms with Gasteiger partial charge in [0.1, 0.15) is 23.0 Å². The molecule has 0 spiro atoms. The van der Waals surface area contributed by atoms with Crippen molar-refractivity contribution in [3.8, 4) is 45.5 Å². The molecule has 8 aromatic rings. The third-order valence-electron chi connectivity index (χ3n) is 9.71. The number of aromatic nitrogens is 6. The Labute approximate surface area is 360 Å². The summed E-state index contributed by atoms with van der Waals surface area (Å²) >= 11 is 12.7. The number of rotatable bonds is 10. The molecule has 61 heavy (non-hydrogen) atoms. The molecule has 4 aromatic heterocycles. The molecule has 0 unspecified atom stereocenters. The van der Waals surface area contributed by atoms with E-state index in [9.17, 15) is 9.59 Å². The minimum Gasteiger partial charge on any atom is -0.457 e. The van der Waals surface area contributed by atoms with Crippen molar-refractivity contribution in [2.45, 2.75) is 25.8 Å². The van der Waals surface area contributed by atoms with Gasteiger partial charge in [-0.05, 0) is 80.4 Å². The second-order valence-corrected chi connectivity index (χ2v) is 15.0. The lowest BCUT2D eigenvalue weighted by Crippen LogP contribution is -2.30. The number of nitrogens with one attached hydrogen (secondary N) is 4. The van der Waals surface area contributed by atoms with Gasteiger partial charge in [0.05, 0.1) is 68.9 Å². The quantitative estimate of drug-likeness (QED) is 0.106. The Hall–Kier alpha value is -7.16. The first-order valence-electron chi connectivity index (χ1n) is 19.4. The monoisotopic (exact) mass is 854 g/mol. The van der Waals surface area contributed by atoms with E-state index in [4.69, 9.17) is 32.7 Å². The summed E-state index contributed by atoms with van der Waals surface area (Å²) in [6.45, 7) is 2.37. The topological polar surface area (TPSA) is 162 Å². The zero-order valence-electron chi connectivity index (χ0n) is 33.3. The Morgan fingerprint density at radius 1 is 0.672 bits per heavy atom. The normalized spacial score (nSPS) is 12.0. The molecule has 0 atom stereocenters. The van der Waals surface area contributed by atoms with Crippen LogP contribution in [-0.2, 0) is 14.1 Å². The number of pyridine rings is 2.